The average Bonchev–Trinajstić information content (AvgIpc) is 2.15. The van der Waals surface area contributed by atoms with Gasteiger partial charge in [-0.05, 0) is 40.0 Å². The summed E-state index contributed by atoms with van der Waals surface area (Å²) in [5, 5.41) is 40.5. The smallest absolute Gasteiger partial charge is 0.480 e. The minimum Gasteiger partial charge on any atom is -0.480 e. The molecule has 129 valence electrons. The van der Waals surface area contributed by atoms with E-state index >= 15 is 0 Å². The van der Waals surface area contributed by atoms with Crippen LogP contribution in [0, 0.1) is 5.92 Å². The monoisotopic (exact) mass is 330 g/mol. The van der Waals surface area contributed by atoms with Crippen molar-refractivity contribution in [1.29, 1.82) is 0 Å². The summed E-state index contributed by atoms with van der Waals surface area (Å²) in [5.41, 5.74) is 3.20. The number of halogens is 1. The lowest BCUT2D eigenvalue weighted by atomic mass is 9.90. The van der Waals surface area contributed by atoms with Crippen LogP contribution in [0.15, 0.2) is 0 Å². The first-order chi connectivity index (χ1) is 8.70. The lowest BCUT2D eigenvalue weighted by molar-refractivity contribution is -0.138. The van der Waals surface area contributed by atoms with Crippen LogP contribution >= 0.6 is 12.4 Å². The quantitative estimate of drug-likeness (QED) is 0.395. The second-order valence-electron chi connectivity index (χ2n) is 5.81. The Morgan fingerprint density at radius 2 is 1.33 bits per heavy atom. The molecule has 0 aliphatic carbocycles. The average molecular weight is 331 g/mol. The molecular weight excluding hydrogens is 300 g/mol. The van der Waals surface area contributed by atoms with Crippen LogP contribution in [0.4, 0.5) is 0 Å². The summed E-state index contributed by atoms with van der Waals surface area (Å²) in [6.45, 7) is 10.2. The van der Waals surface area contributed by atoms with E-state index in [2.05, 4.69) is 0 Å². The van der Waals surface area contributed by atoms with Gasteiger partial charge in [-0.15, -0.1) is 12.4 Å². The van der Waals surface area contributed by atoms with Gasteiger partial charge in [0.25, 0.3) is 0 Å². The number of carboxylic acids is 1. The van der Waals surface area contributed by atoms with Gasteiger partial charge >= 0.3 is 13.7 Å². The molecule has 0 amide bonds. The van der Waals surface area contributed by atoms with E-state index in [1.807, 2.05) is 13.8 Å². The highest BCUT2D eigenvalue weighted by Gasteiger charge is 2.31. The number of hydrogen-bond acceptors (Lipinski definition) is 6. The molecule has 1 atom stereocenters. The second kappa shape index (κ2) is 13.3. The molecule has 21 heavy (non-hydrogen) atoms. The topological polar surface area (TPSA) is 144 Å². The molecule has 0 aliphatic heterocycles. The number of rotatable bonds is 4. The zero-order valence-electron chi connectivity index (χ0n) is 13.6. The summed E-state index contributed by atoms with van der Waals surface area (Å²) in [5.74, 6) is -0.556. The van der Waals surface area contributed by atoms with E-state index in [1.54, 1.807) is 27.7 Å². The third-order valence-corrected chi connectivity index (χ3v) is 2.54. The zero-order valence-corrected chi connectivity index (χ0v) is 14.4. The van der Waals surface area contributed by atoms with Crippen molar-refractivity contribution in [3.8, 4) is 0 Å². The maximum atomic E-state index is 10.1. The molecule has 1 unspecified atom stereocenters. The summed E-state index contributed by atoms with van der Waals surface area (Å²) < 4.78 is 0. The van der Waals surface area contributed by atoms with E-state index in [-0.39, 0.29) is 20.1 Å². The van der Waals surface area contributed by atoms with Gasteiger partial charge in [-0.1, -0.05) is 13.8 Å². The van der Waals surface area contributed by atoms with Crippen molar-refractivity contribution in [3.63, 3.8) is 0 Å². The van der Waals surface area contributed by atoms with E-state index in [1.165, 1.54) is 0 Å². The van der Waals surface area contributed by atoms with Crippen LogP contribution < -0.4 is 5.73 Å². The van der Waals surface area contributed by atoms with E-state index in [4.69, 9.17) is 31.1 Å². The Labute approximate surface area is 133 Å². The first kappa shape index (κ1) is 28.7. The van der Waals surface area contributed by atoms with E-state index in [0.29, 0.717) is 12.3 Å². The number of carbonyl (C=O) groups is 1. The Hall–Kier alpha value is -0.375. The maximum Gasteiger partial charge on any atom is 0.482 e. The van der Waals surface area contributed by atoms with Crippen molar-refractivity contribution in [2.75, 3.05) is 0 Å². The Kier molecular flexibility index (Phi) is 18.2. The molecule has 0 aromatic rings. The summed E-state index contributed by atoms with van der Waals surface area (Å²) >= 11 is 0. The van der Waals surface area contributed by atoms with Gasteiger partial charge in [0.15, 0.2) is 0 Å². The number of aliphatic carboxylic acids is 1. The van der Waals surface area contributed by atoms with Crippen LogP contribution in [-0.2, 0) is 4.79 Å². The normalized spacial score (nSPS) is 12.0. The van der Waals surface area contributed by atoms with Crippen molar-refractivity contribution >= 4 is 26.1 Å². The van der Waals surface area contributed by atoms with Crippen LogP contribution in [0.5, 0.6) is 0 Å². The van der Waals surface area contributed by atoms with Crippen LogP contribution in [0.25, 0.3) is 0 Å². The van der Waals surface area contributed by atoms with E-state index in [9.17, 15) is 4.79 Å². The minimum absolute atomic E-state index is 0. The lowest BCUT2D eigenvalue weighted by Gasteiger charge is -2.31. The third-order valence-electron chi connectivity index (χ3n) is 2.54. The van der Waals surface area contributed by atoms with Crippen LogP contribution in [-0.4, -0.2) is 56.3 Å². The Morgan fingerprint density at radius 1 is 1.10 bits per heavy atom. The predicted molar refractivity (Wildman–Crippen MR) is 85.1 cm³/mol. The fourth-order valence-corrected chi connectivity index (χ4v) is 0.609. The molecule has 0 spiro atoms. The molecule has 0 heterocycles. The molecule has 7 nitrogen and oxygen atoms in total. The number of nitrogens with two attached hydrogens (primary N) is 1. The maximum absolute atomic E-state index is 10.1. The van der Waals surface area contributed by atoms with Gasteiger partial charge in [-0.2, -0.15) is 0 Å². The highest BCUT2D eigenvalue weighted by molar-refractivity contribution is 6.13. The first-order valence-corrected chi connectivity index (χ1v) is 6.23. The minimum atomic E-state index is -1.01. The SMILES string of the molecule is CC(C)(O)C(C)(C)O.CC(C)CC(N)C(=O)O.Cl.O[B]O. The summed E-state index contributed by atoms with van der Waals surface area (Å²) in [6, 6.07) is -0.690. The highest BCUT2D eigenvalue weighted by Crippen LogP contribution is 2.19. The molecule has 0 saturated carbocycles. The molecule has 0 aromatic heterocycles. The fraction of sp³-hybridized carbons (Fsp3) is 0.917. The van der Waals surface area contributed by atoms with Gasteiger partial charge < -0.3 is 31.1 Å². The van der Waals surface area contributed by atoms with Gasteiger partial charge in [0.1, 0.15) is 6.04 Å². The zero-order chi connectivity index (χ0) is 17.1. The summed E-state index contributed by atoms with van der Waals surface area (Å²) in [7, 11) is 0. The van der Waals surface area contributed by atoms with Crippen LogP contribution in [0.1, 0.15) is 48.0 Å². The van der Waals surface area contributed by atoms with Gasteiger partial charge in [0.2, 0.25) is 0 Å². The summed E-state index contributed by atoms with van der Waals surface area (Å²) in [4.78, 5) is 10.1. The third kappa shape index (κ3) is 22.1. The number of aliphatic hydroxyl groups is 2. The van der Waals surface area contributed by atoms with E-state index < -0.39 is 23.2 Å². The van der Waals surface area contributed by atoms with Gasteiger partial charge in [0, 0.05) is 0 Å². The highest BCUT2D eigenvalue weighted by atomic mass is 35.5. The molecule has 0 bridgehead atoms. The van der Waals surface area contributed by atoms with Crippen molar-refractivity contribution in [2.45, 2.75) is 65.2 Å². The molecule has 0 aromatic carbocycles. The van der Waals surface area contributed by atoms with Crippen molar-refractivity contribution < 1.29 is 30.2 Å². The number of hydrogen-bond donors (Lipinski definition) is 6. The predicted octanol–water partition coefficient (Wildman–Crippen LogP) is -0.100. The van der Waals surface area contributed by atoms with Crippen molar-refractivity contribution in [3.05, 3.63) is 0 Å². The lowest BCUT2D eigenvalue weighted by Crippen LogP contribution is -2.44. The molecule has 9 heteroatoms. The molecule has 0 rings (SSSR count). The number of carboxylic acid groups (broad SMARTS) is 1. The molecule has 7 N–H and O–H groups in total. The van der Waals surface area contributed by atoms with E-state index in [0.717, 1.165) is 0 Å². The van der Waals surface area contributed by atoms with Crippen molar-refractivity contribution in [2.24, 2.45) is 11.7 Å². The van der Waals surface area contributed by atoms with Crippen LogP contribution in [0.2, 0.25) is 0 Å². The standard InChI is InChI=1S/C6H13NO2.C6H14O2.BH2O2.ClH/c1-4(2)3-5(7)6(8)9;1-5(2,7)6(3,4)8;2-1-3;/h4-5H,3,7H2,1-2H3,(H,8,9);7-8H,1-4H3;2-3H;1H. The Morgan fingerprint density at radius 3 is 1.38 bits per heavy atom. The molecule has 0 aliphatic rings. The second-order valence-corrected chi connectivity index (χ2v) is 5.81. The largest absolute Gasteiger partial charge is 0.482 e. The Bertz CT molecular complexity index is 241. The van der Waals surface area contributed by atoms with Gasteiger partial charge in [0.05, 0.1) is 11.2 Å². The van der Waals surface area contributed by atoms with Crippen LogP contribution in [0.3, 0.4) is 0 Å². The van der Waals surface area contributed by atoms with Crippen molar-refractivity contribution in [1.82, 2.24) is 0 Å². The van der Waals surface area contributed by atoms with Gasteiger partial charge in [-0.3, -0.25) is 4.79 Å². The molecule has 0 fully saturated rings. The Balaban J connectivity index is -0.000000112. The first-order valence-electron chi connectivity index (χ1n) is 6.23. The summed E-state index contributed by atoms with van der Waals surface area (Å²) in [6.07, 6.45) is 0.551. The molecular formula is C12H30BClNO6. The van der Waals surface area contributed by atoms with Gasteiger partial charge in [-0.25, -0.2) is 0 Å². The molecule has 1 radical (unpaired) electrons. The molecule has 0 saturated heterocycles. The fourth-order valence-electron chi connectivity index (χ4n) is 0.609.